The van der Waals surface area contributed by atoms with Crippen LogP contribution in [0.25, 0.3) is 0 Å². The van der Waals surface area contributed by atoms with Crippen LogP contribution in [0.15, 0.2) is 53.2 Å². The molecule has 0 unspecified atom stereocenters. The van der Waals surface area contributed by atoms with Crippen molar-refractivity contribution in [3.63, 3.8) is 0 Å². The van der Waals surface area contributed by atoms with Crippen molar-refractivity contribution >= 4 is 17.8 Å². The van der Waals surface area contributed by atoms with Gasteiger partial charge < -0.3 is 18.6 Å². The second kappa shape index (κ2) is 9.96. The number of methoxy groups -OCH3 is 2. The van der Waals surface area contributed by atoms with Crippen molar-refractivity contribution in [3.05, 3.63) is 65.9 Å². The molecule has 0 saturated carbocycles. The zero-order valence-electron chi connectivity index (χ0n) is 16.8. The Bertz CT molecular complexity index is 1060. The number of aromatic nitrogens is 2. The number of hydrogen-bond acceptors (Lipinski definition) is 8. The SMILES string of the molecule is COc1ccc(C(=O)NNC(=O)COC(=O)c2ccc(Cn3cccn3)o2)cc1OC. The third-order valence-electron chi connectivity index (χ3n) is 4.04. The first-order chi connectivity index (χ1) is 15.0. The zero-order valence-corrected chi connectivity index (χ0v) is 16.8. The molecule has 0 fully saturated rings. The van der Waals surface area contributed by atoms with E-state index in [1.807, 2.05) is 0 Å². The minimum absolute atomic E-state index is 0.0516. The zero-order chi connectivity index (χ0) is 22.2. The first-order valence-electron chi connectivity index (χ1n) is 9.04. The number of ether oxygens (including phenoxy) is 3. The number of amides is 2. The van der Waals surface area contributed by atoms with E-state index in [-0.39, 0.29) is 11.3 Å². The summed E-state index contributed by atoms with van der Waals surface area (Å²) in [5.74, 6) is -0.860. The maximum absolute atomic E-state index is 12.2. The summed E-state index contributed by atoms with van der Waals surface area (Å²) in [6.45, 7) is -0.261. The molecule has 2 heterocycles. The lowest BCUT2D eigenvalue weighted by atomic mass is 10.2. The molecule has 0 aliphatic rings. The molecule has 0 bridgehead atoms. The van der Waals surface area contributed by atoms with Gasteiger partial charge in [0.05, 0.1) is 20.8 Å². The van der Waals surface area contributed by atoms with Crippen molar-refractivity contribution in [2.45, 2.75) is 6.54 Å². The Morgan fingerprint density at radius 2 is 1.87 bits per heavy atom. The largest absolute Gasteiger partial charge is 0.493 e. The third-order valence-corrected chi connectivity index (χ3v) is 4.04. The summed E-state index contributed by atoms with van der Waals surface area (Å²) in [6.07, 6.45) is 3.38. The van der Waals surface area contributed by atoms with Crippen LogP contribution in [0.5, 0.6) is 11.5 Å². The normalized spacial score (nSPS) is 10.3. The molecule has 2 amide bonds. The molecule has 0 aliphatic carbocycles. The first-order valence-corrected chi connectivity index (χ1v) is 9.04. The molecule has 1 aromatic carbocycles. The maximum atomic E-state index is 12.2. The van der Waals surface area contributed by atoms with Gasteiger partial charge in [-0.15, -0.1) is 0 Å². The van der Waals surface area contributed by atoms with Gasteiger partial charge in [-0.25, -0.2) is 4.79 Å². The number of carbonyl (C=O) groups excluding carboxylic acids is 3. The van der Waals surface area contributed by atoms with Crippen molar-refractivity contribution in [2.75, 3.05) is 20.8 Å². The summed E-state index contributed by atoms with van der Waals surface area (Å²) in [4.78, 5) is 36.0. The standard InChI is InChI=1S/C20H20N4O7/c1-28-15-6-4-13(10-17(15)29-2)19(26)23-22-18(25)12-30-20(27)16-7-5-14(31-16)11-24-9-3-8-21-24/h3-10H,11-12H2,1-2H3,(H,22,25)(H,23,26). The average molecular weight is 428 g/mol. The van der Waals surface area contributed by atoms with Crippen LogP contribution >= 0.6 is 0 Å². The summed E-state index contributed by atoms with van der Waals surface area (Å²) >= 11 is 0. The molecular formula is C20H20N4O7. The quantitative estimate of drug-likeness (QED) is 0.403. The number of esters is 1. The van der Waals surface area contributed by atoms with Crippen molar-refractivity contribution in [2.24, 2.45) is 0 Å². The molecule has 0 aliphatic heterocycles. The first kappa shape index (κ1) is 21.4. The lowest BCUT2D eigenvalue weighted by Crippen LogP contribution is -2.43. The van der Waals surface area contributed by atoms with Crippen molar-refractivity contribution in [1.82, 2.24) is 20.6 Å². The minimum atomic E-state index is -0.812. The van der Waals surface area contributed by atoms with Gasteiger partial charge in [-0.3, -0.25) is 25.1 Å². The van der Waals surface area contributed by atoms with E-state index in [0.29, 0.717) is 23.8 Å². The minimum Gasteiger partial charge on any atom is -0.493 e. The van der Waals surface area contributed by atoms with Crippen molar-refractivity contribution in [1.29, 1.82) is 0 Å². The second-order valence-electron chi connectivity index (χ2n) is 6.12. The van der Waals surface area contributed by atoms with Crippen molar-refractivity contribution < 1.29 is 33.0 Å². The van der Waals surface area contributed by atoms with Gasteiger partial charge in [0.2, 0.25) is 5.76 Å². The Hall–Kier alpha value is -4.28. The van der Waals surface area contributed by atoms with Gasteiger partial charge in [0.1, 0.15) is 5.76 Å². The molecule has 0 radical (unpaired) electrons. The van der Waals surface area contributed by atoms with E-state index in [2.05, 4.69) is 16.0 Å². The van der Waals surface area contributed by atoms with E-state index in [1.165, 1.54) is 32.4 Å². The van der Waals surface area contributed by atoms with Gasteiger partial charge in [-0.2, -0.15) is 5.10 Å². The fraction of sp³-hybridized carbons (Fsp3) is 0.200. The molecule has 3 aromatic rings. The molecule has 11 heteroatoms. The van der Waals surface area contributed by atoms with Gasteiger partial charge in [0, 0.05) is 18.0 Å². The Kier molecular flexibility index (Phi) is 6.89. The summed E-state index contributed by atoms with van der Waals surface area (Å²) in [6, 6.07) is 9.33. The number of benzene rings is 1. The highest BCUT2D eigenvalue weighted by Crippen LogP contribution is 2.27. The Morgan fingerprint density at radius 1 is 1.06 bits per heavy atom. The van der Waals surface area contributed by atoms with Crippen LogP contribution < -0.4 is 20.3 Å². The topological polar surface area (TPSA) is 134 Å². The number of furan rings is 1. The lowest BCUT2D eigenvalue weighted by Gasteiger charge is -2.10. The predicted molar refractivity (Wildman–Crippen MR) is 105 cm³/mol. The number of nitrogens with one attached hydrogen (secondary N) is 2. The highest BCUT2D eigenvalue weighted by molar-refractivity contribution is 5.96. The van der Waals surface area contributed by atoms with Crippen LogP contribution in [0.2, 0.25) is 0 Å². The van der Waals surface area contributed by atoms with Gasteiger partial charge in [-0.05, 0) is 36.4 Å². The molecule has 2 N–H and O–H groups in total. The third kappa shape index (κ3) is 5.63. The Morgan fingerprint density at radius 3 is 2.58 bits per heavy atom. The number of rotatable bonds is 8. The molecule has 3 rings (SSSR count). The molecular weight excluding hydrogens is 408 g/mol. The average Bonchev–Trinajstić information content (AvgIpc) is 3.47. The molecule has 2 aromatic heterocycles. The number of nitrogens with zero attached hydrogens (tertiary/aromatic N) is 2. The number of hydrogen-bond donors (Lipinski definition) is 2. The van der Waals surface area contributed by atoms with Crippen LogP contribution in [0, 0.1) is 0 Å². The summed E-state index contributed by atoms with van der Waals surface area (Å²) in [5.41, 5.74) is 4.61. The van der Waals surface area contributed by atoms with E-state index in [9.17, 15) is 14.4 Å². The summed E-state index contributed by atoms with van der Waals surface area (Å²) in [7, 11) is 2.91. The lowest BCUT2D eigenvalue weighted by molar-refractivity contribution is -0.125. The highest BCUT2D eigenvalue weighted by Gasteiger charge is 2.16. The number of hydrazine groups is 1. The predicted octanol–water partition coefficient (Wildman–Crippen LogP) is 1.16. The molecule has 31 heavy (non-hydrogen) atoms. The fourth-order valence-corrected chi connectivity index (χ4v) is 2.54. The second-order valence-corrected chi connectivity index (χ2v) is 6.12. The van der Waals surface area contributed by atoms with Crippen LogP contribution in [0.3, 0.4) is 0 Å². The highest BCUT2D eigenvalue weighted by atomic mass is 16.5. The Balaban J connectivity index is 1.45. The molecule has 0 spiro atoms. The van der Waals surface area contributed by atoms with Gasteiger partial charge in [0.25, 0.3) is 11.8 Å². The van der Waals surface area contributed by atoms with Gasteiger partial charge >= 0.3 is 5.97 Å². The van der Waals surface area contributed by atoms with E-state index in [1.54, 1.807) is 35.3 Å². The summed E-state index contributed by atoms with van der Waals surface area (Å²) in [5, 5.41) is 4.04. The van der Waals surface area contributed by atoms with Crippen LogP contribution in [0.4, 0.5) is 0 Å². The molecule has 0 saturated heterocycles. The van der Waals surface area contributed by atoms with E-state index in [0.717, 1.165) is 0 Å². The Labute approximate surface area is 176 Å². The maximum Gasteiger partial charge on any atom is 0.374 e. The van der Waals surface area contributed by atoms with Crippen LogP contribution in [-0.4, -0.2) is 48.4 Å². The van der Waals surface area contributed by atoms with E-state index in [4.69, 9.17) is 18.6 Å². The van der Waals surface area contributed by atoms with Crippen molar-refractivity contribution in [3.8, 4) is 11.5 Å². The number of carbonyl (C=O) groups is 3. The molecule has 162 valence electrons. The van der Waals surface area contributed by atoms with E-state index >= 15 is 0 Å². The monoisotopic (exact) mass is 428 g/mol. The smallest absolute Gasteiger partial charge is 0.374 e. The fourth-order valence-electron chi connectivity index (χ4n) is 2.54. The molecule has 0 atom stereocenters. The van der Waals surface area contributed by atoms with E-state index < -0.39 is 24.4 Å². The van der Waals surface area contributed by atoms with Crippen LogP contribution in [0.1, 0.15) is 26.7 Å². The van der Waals surface area contributed by atoms with Gasteiger partial charge in [-0.1, -0.05) is 0 Å². The van der Waals surface area contributed by atoms with Gasteiger partial charge in [0.15, 0.2) is 18.1 Å². The summed E-state index contributed by atoms with van der Waals surface area (Å²) < 4.78 is 22.1. The van der Waals surface area contributed by atoms with Crippen LogP contribution in [-0.2, 0) is 16.1 Å². The molecule has 11 nitrogen and oxygen atoms in total.